The van der Waals surface area contributed by atoms with E-state index in [0.29, 0.717) is 25.3 Å². The first-order valence-electron chi connectivity index (χ1n) is 7.50. The lowest BCUT2D eigenvalue weighted by Gasteiger charge is -2.36. The summed E-state index contributed by atoms with van der Waals surface area (Å²) in [5.74, 6) is 1.44. The first kappa shape index (κ1) is 15.5. The minimum Gasteiger partial charge on any atom is -0.464 e. The lowest BCUT2D eigenvalue weighted by atomic mass is 9.81. The molecule has 6 heteroatoms. The zero-order valence-electron chi connectivity index (χ0n) is 12.2. The van der Waals surface area contributed by atoms with Gasteiger partial charge in [-0.3, -0.25) is 0 Å². The number of hydrogen-bond donors (Lipinski definition) is 1. The molecule has 1 saturated carbocycles. The van der Waals surface area contributed by atoms with Crippen LogP contribution >= 0.6 is 11.8 Å². The SMILES string of the molecule is CCCOC(=O)C1(NC(=O)N2CCSC2)CCCCC1. The van der Waals surface area contributed by atoms with Gasteiger partial charge in [-0.1, -0.05) is 26.2 Å². The number of rotatable bonds is 4. The summed E-state index contributed by atoms with van der Waals surface area (Å²) in [5, 5.41) is 2.98. The van der Waals surface area contributed by atoms with Crippen molar-refractivity contribution in [1.29, 1.82) is 0 Å². The van der Waals surface area contributed by atoms with Gasteiger partial charge in [0.05, 0.1) is 12.5 Å². The van der Waals surface area contributed by atoms with Crippen LogP contribution in [0.5, 0.6) is 0 Å². The molecule has 0 unspecified atom stereocenters. The molecular weight excluding hydrogens is 276 g/mol. The van der Waals surface area contributed by atoms with E-state index in [1.165, 1.54) is 0 Å². The van der Waals surface area contributed by atoms with Crippen molar-refractivity contribution in [2.45, 2.75) is 51.0 Å². The third-order valence-corrected chi connectivity index (χ3v) is 4.89. The second kappa shape index (κ2) is 7.20. The highest BCUT2D eigenvalue weighted by atomic mass is 32.2. The van der Waals surface area contributed by atoms with E-state index < -0.39 is 5.54 Å². The van der Waals surface area contributed by atoms with Gasteiger partial charge in [0, 0.05) is 12.3 Å². The predicted molar refractivity (Wildman–Crippen MR) is 79.6 cm³/mol. The van der Waals surface area contributed by atoms with Gasteiger partial charge in [-0.2, -0.15) is 0 Å². The molecule has 1 aliphatic heterocycles. The summed E-state index contributed by atoms with van der Waals surface area (Å²) >= 11 is 1.74. The van der Waals surface area contributed by atoms with Crippen LogP contribution in [-0.2, 0) is 9.53 Å². The highest BCUT2D eigenvalue weighted by molar-refractivity contribution is 7.99. The Morgan fingerprint density at radius 1 is 1.30 bits per heavy atom. The van der Waals surface area contributed by atoms with Crippen LogP contribution in [0.25, 0.3) is 0 Å². The number of urea groups is 1. The molecule has 114 valence electrons. The predicted octanol–water partition coefficient (Wildman–Crippen LogP) is 2.36. The molecule has 0 aromatic heterocycles. The largest absolute Gasteiger partial charge is 0.464 e. The average molecular weight is 300 g/mol. The highest BCUT2D eigenvalue weighted by Gasteiger charge is 2.43. The van der Waals surface area contributed by atoms with E-state index in [0.717, 1.165) is 38.0 Å². The van der Waals surface area contributed by atoms with Gasteiger partial charge in [0.2, 0.25) is 0 Å². The molecule has 0 aromatic rings. The molecule has 2 fully saturated rings. The molecule has 1 heterocycles. The monoisotopic (exact) mass is 300 g/mol. The van der Waals surface area contributed by atoms with E-state index in [4.69, 9.17) is 4.74 Å². The summed E-state index contributed by atoms with van der Waals surface area (Å²) < 4.78 is 5.32. The van der Waals surface area contributed by atoms with Crippen LogP contribution in [0.3, 0.4) is 0 Å². The smallest absolute Gasteiger partial charge is 0.331 e. The van der Waals surface area contributed by atoms with Gasteiger partial charge in [0.25, 0.3) is 0 Å². The van der Waals surface area contributed by atoms with E-state index in [9.17, 15) is 9.59 Å². The maximum Gasteiger partial charge on any atom is 0.331 e. The van der Waals surface area contributed by atoms with Crippen LogP contribution in [-0.4, -0.2) is 47.2 Å². The molecule has 0 aromatic carbocycles. The number of nitrogens with one attached hydrogen (secondary N) is 1. The fourth-order valence-electron chi connectivity index (χ4n) is 2.73. The van der Waals surface area contributed by atoms with Crippen LogP contribution in [0.15, 0.2) is 0 Å². The molecule has 0 bridgehead atoms. The summed E-state index contributed by atoms with van der Waals surface area (Å²) in [6.07, 6.45) is 5.26. The zero-order chi connectivity index (χ0) is 14.4. The number of carbonyl (C=O) groups excluding carboxylic acids is 2. The second-order valence-corrected chi connectivity index (χ2v) is 6.58. The molecule has 0 atom stereocenters. The Morgan fingerprint density at radius 3 is 2.65 bits per heavy atom. The van der Waals surface area contributed by atoms with E-state index >= 15 is 0 Å². The van der Waals surface area contributed by atoms with E-state index in [1.807, 2.05) is 6.92 Å². The lowest BCUT2D eigenvalue weighted by molar-refractivity contribution is -0.152. The van der Waals surface area contributed by atoms with Crippen LogP contribution in [0.1, 0.15) is 45.4 Å². The highest BCUT2D eigenvalue weighted by Crippen LogP contribution is 2.30. The summed E-state index contributed by atoms with van der Waals surface area (Å²) in [6, 6.07) is -0.120. The van der Waals surface area contributed by atoms with Gasteiger partial charge < -0.3 is 15.0 Å². The standard InChI is InChI=1S/C14H24N2O3S/c1-2-9-19-12(17)14(6-4-3-5-7-14)15-13(18)16-8-10-20-11-16/h2-11H2,1H3,(H,15,18). The van der Waals surface area contributed by atoms with Crippen molar-refractivity contribution < 1.29 is 14.3 Å². The molecule has 5 nitrogen and oxygen atoms in total. The summed E-state index contributed by atoms with van der Waals surface area (Å²) in [6.45, 7) is 3.16. The maximum atomic E-state index is 12.4. The number of thioether (sulfide) groups is 1. The van der Waals surface area contributed by atoms with Gasteiger partial charge in [0.1, 0.15) is 5.54 Å². The topological polar surface area (TPSA) is 58.6 Å². The maximum absolute atomic E-state index is 12.4. The Bertz CT molecular complexity index is 350. The van der Waals surface area contributed by atoms with Gasteiger partial charge >= 0.3 is 12.0 Å². The third-order valence-electron chi connectivity index (χ3n) is 3.92. The Balaban J connectivity index is 2.01. The first-order valence-corrected chi connectivity index (χ1v) is 8.65. The van der Waals surface area contributed by atoms with Crippen LogP contribution in [0.4, 0.5) is 4.79 Å². The van der Waals surface area contributed by atoms with Crippen molar-refractivity contribution in [2.75, 3.05) is 24.8 Å². The van der Waals surface area contributed by atoms with Gasteiger partial charge in [-0.15, -0.1) is 11.8 Å². The molecule has 0 spiro atoms. The fraction of sp³-hybridized carbons (Fsp3) is 0.857. The van der Waals surface area contributed by atoms with E-state index in [-0.39, 0.29) is 12.0 Å². The molecule has 2 amide bonds. The van der Waals surface area contributed by atoms with Gasteiger partial charge in [-0.05, 0) is 19.3 Å². The molecular formula is C14H24N2O3S. The molecule has 1 aliphatic carbocycles. The minimum absolute atomic E-state index is 0.120. The Labute approximate surface area is 124 Å². The fourth-order valence-corrected chi connectivity index (χ4v) is 3.67. The summed E-state index contributed by atoms with van der Waals surface area (Å²) in [4.78, 5) is 26.4. The normalized spacial score (nSPS) is 21.6. The number of esters is 1. The van der Waals surface area contributed by atoms with Crippen molar-refractivity contribution in [1.82, 2.24) is 10.2 Å². The quantitative estimate of drug-likeness (QED) is 0.810. The molecule has 1 N–H and O–H groups in total. The second-order valence-electron chi connectivity index (χ2n) is 5.51. The Hall–Kier alpha value is -0.910. The average Bonchev–Trinajstić information content (AvgIpc) is 3.00. The van der Waals surface area contributed by atoms with Crippen LogP contribution < -0.4 is 5.32 Å². The van der Waals surface area contributed by atoms with Crippen molar-refractivity contribution in [3.63, 3.8) is 0 Å². The molecule has 0 radical (unpaired) electrons. The summed E-state index contributed by atoms with van der Waals surface area (Å²) in [7, 11) is 0. The number of amides is 2. The van der Waals surface area contributed by atoms with Crippen molar-refractivity contribution in [3.05, 3.63) is 0 Å². The number of nitrogens with zero attached hydrogens (tertiary/aromatic N) is 1. The van der Waals surface area contributed by atoms with Crippen molar-refractivity contribution in [3.8, 4) is 0 Å². The number of ether oxygens (including phenoxy) is 1. The lowest BCUT2D eigenvalue weighted by Crippen LogP contribution is -2.59. The zero-order valence-corrected chi connectivity index (χ0v) is 13.0. The molecule has 2 aliphatic rings. The first-order chi connectivity index (χ1) is 9.68. The molecule has 1 saturated heterocycles. The number of hydrogen-bond acceptors (Lipinski definition) is 4. The molecule has 20 heavy (non-hydrogen) atoms. The number of carbonyl (C=O) groups is 2. The Kier molecular flexibility index (Phi) is 5.57. The van der Waals surface area contributed by atoms with Crippen LogP contribution in [0, 0.1) is 0 Å². The van der Waals surface area contributed by atoms with Crippen molar-refractivity contribution >= 4 is 23.8 Å². The van der Waals surface area contributed by atoms with E-state index in [2.05, 4.69) is 5.32 Å². The van der Waals surface area contributed by atoms with Crippen molar-refractivity contribution in [2.24, 2.45) is 0 Å². The van der Waals surface area contributed by atoms with E-state index in [1.54, 1.807) is 16.7 Å². The Morgan fingerprint density at radius 2 is 2.05 bits per heavy atom. The van der Waals surface area contributed by atoms with Crippen LogP contribution in [0.2, 0.25) is 0 Å². The van der Waals surface area contributed by atoms with Gasteiger partial charge in [0.15, 0.2) is 0 Å². The third kappa shape index (κ3) is 3.59. The molecule has 2 rings (SSSR count). The van der Waals surface area contributed by atoms with Gasteiger partial charge in [-0.25, -0.2) is 9.59 Å². The summed E-state index contributed by atoms with van der Waals surface area (Å²) in [5.41, 5.74) is -0.794. The minimum atomic E-state index is -0.794.